The highest BCUT2D eigenvalue weighted by molar-refractivity contribution is 6.03. The molecule has 0 radical (unpaired) electrons. The normalized spacial score (nSPS) is 15.8. The van der Waals surface area contributed by atoms with Gasteiger partial charge in [-0.25, -0.2) is 4.39 Å². The van der Waals surface area contributed by atoms with Crippen LogP contribution in [0, 0.1) is 22.9 Å². The zero-order valence-electron chi connectivity index (χ0n) is 15.9. The maximum atomic E-state index is 13.3. The second kappa shape index (κ2) is 7.80. The molecule has 0 spiro atoms. The third-order valence-corrected chi connectivity index (χ3v) is 5.05. The van der Waals surface area contributed by atoms with E-state index in [1.165, 1.54) is 24.3 Å². The molecule has 4 rings (SSSR count). The Morgan fingerprint density at radius 2 is 1.79 bits per heavy atom. The maximum Gasteiger partial charge on any atom is 0.269 e. The first-order valence-electron chi connectivity index (χ1n) is 8.79. The molecule has 0 fully saturated rings. The van der Waals surface area contributed by atoms with E-state index in [4.69, 9.17) is 5.10 Å². The van der Waals surface area contributed by atoms with E-state index in [1.54, 1.807) is 28.9 Å². The maximum absolute atomic E-state index is 13.3. The Bertz CT molecular complexity index is 1060. The van der Waals surface area contributed by atoms with Crippen LogP contribution in [0.3, 0.4) is 0 Å². The van der Waals surface area contributed by atoms with Gasteiger partial charge in [-0.05, 0) is 36.8 Å². The summed E-state index contributed by atoms with van der Waals surface area (Å²) in [5.74, 6) is -0.297. The lowest BCUT2D eigenvalue weighted by Crippen LogP contribution is -2.19. The molecule has 1 unspecified atom stereocenters. The van der Waals surface area contributed by atoms with Crippen molar-refractivity contribution in [2.24, 2.45) is 12.1 Å². The Hall–Kier alpha value is -3.59. The molecule has 3 aromatic rings. The van der Waals surface area contributed by atoms with Crippen molar-refractivity contribution in [2.75, 3.05) is 5.01 Å². The minimum Gasteiger partial charge on any atom is -0.412 e. The van der Waals surface area contributed by atoms with Gasteiger partial charge in [0.25, 0.3) is 5.69 Å². The van der Waals surface area contributed by atoms with Gasteiger partial charge in [0.15, 0.2) is 0 Å². The van der Waals surface area contributed by atoms with Crippen LogP contribution >= 0.6 is 0 Å². The molecular formula is C20H20FN5O3. The Balaban J connectivity index is 0.00000240. The van der Waals surface area contributed by atoms with Crippen LogP contribution in [0.2, 0.25) is 0 Å². The minimum atomic E-state index is -0.427. The summed E-state index contributed by atoms with van der Waals surface area (Å²) >= 11 is 0. The highest BCUT2D eigenvalue weighted by atomic mass is 19.1. The van der Waals surface area contributed by atoms with E-state index in [2.05, 4.69) is 5.10 Å². The van der Waals surface area contributed by atoms with Gasteiger partial charge in [-0.3, -0.25) is 19.8 Å². The number of hydrogen-bond donors (Lipinski definition) is 0. The van der Waals surface area contributed by atoms with E-state index in [9.17, 15) is 14.5 Å². The van der Waals surface area contributed by atoms with Gasteiger partial charge in [0.2, 0.25) is 0 Å². The molecule has 0 aliphatic carbocycles. The van der Waals surface area contributed by atoms with Crippen molar-refractivity contribution in [2.45, 2.75) is 19.4 Å². The Morgan fingerprint density at radius 3 is 2.34 bits per heavy atom. The number of benzene rings is 2. The molecule has 150 valence electrons. The predicted octanol–water partition coefficient (Wildman–Crippen LogP) is 3.31. The van der Waals surface area contributed by atoms with Gasteiger partial charge in [0.05, 0.1) is 28.6 Å². The molecule has 9 heteroatoms. The summed E-state index contributed by atoms with van der Waals surface area (Å²) in [5.41, 5.74) is 4.49. The van der Waals surface area contributed by atoms with Crippen molar-refractivity contribution in [1.82, 2.24) is 9.78 Å². The van der Waals surface area contributed by atoms with Crippen LogP contribution in [0.15, 0.2) is 59.8 Å². The summed E-state index contributed by atoms with van der Waals surface area (Å²) in [7, 11) is 1.88. The first-order chi connectivity index (χ1) is 13.4. The van der Waals surface area contributed by atoms with Gasteiger partial charge < -0.3 is 5.48 Å². The van der Waals surface area contributed by atoms with Crippen LogP contribution in [0.5, 0.6) is 0 Å². The van der Waals surface area contributed by atoms with Crippen LogP contribution in [0.25, 0.3) is 0 Å². The third-order valence-electron chi connectivity index (χ3n) is 5.05. The van der Waals surface area contributed by atoms with Gasteiger partial charge >= 0.3 is 0 Å². The lowest BCUT2D eigenvalue weighted by Gasteiger charge is -2.23. The van der Waals surface area contributed by atoms with E-state index in [-0.39, 0.29) is 23.0 Å². The molecule has 0 bridgehead atoms. The fourth-order valence-electron chi connectivity index (χ4n) is 3.38. The van der Waals surface area contributed by atoms with Crippen molar-refractivity contribution in [3.05, 3.63) is 87.5 Å². The van der Waals surface area contributed by atoms with Crippen LogP contribution in [0.4, 0.5) is 15.8 Å². The molecule has 2 aromatic carbocycles. The largest absolute Gasteiger partial charge is 0.412 e. The van der Waals surface area contributed by atoms with Gasteiger partial charge in [-0.2, -0.15) is 10.2 Å². The van der Waals surface area contributed by atoms with Crippen molar-refractivity contribution in [1.29, 1.82) is 0 Å². The molecule has 0 amide bonds. The number of rotatable bonds is 4. The average Bonchev–Trinajstić information content (AvgIpc) is 3.26. The molecule has 1 aromatic heterocycles. The van der Waals surface area contributed by atoms with E-state index in [0.717, 1.165) is 28.2 Å². The van der Waals surface area contributed by atoms with E-state index < -0.39 is 4.92 Å². The Kier molecular flexibility index (Phi) is 5.42. The number of anilines is 1. The van der Waals surface area contributed by atoms with Crippen LogP contribution < -0.4 is 5.01 Å². The van der Waals surface area contributed by atoms with Crippen LogP contribution in [-0.4, -0.2) is 25.9 Å². The molecule has 0 saturated carbocycles. The van der Waals surface area contributed by atoms with Crippen LogP contribution in [-0.2, 0) is 7.05 Å². The molecule has 29 heavy (non-hydrogen) atoms. The molecule has 1 atom stereocenters. The number of aromatic nitrogens is 2. The van der Waals surface area contributed by atoms with Crippen molar-refractivity contribution < 1.29 is 14.8 Å². The van der Waals surface area contributed by atoms with Crippen LogP contribution in [0.1, 0.15) is 29.3 Å². The first kappa shape index (κ1) is 20.2. The predicted molar refractivity (Wildman–Crippen MR) is 107 cm³/mol. The highest BCUT2D eigenvalue weighted by Gasteiger charge is 2.32. The van der Waals surface area contributed by atoms with E-state index in [1.807, 2.05) is 25.2 Å². The molecule has 1 aliphatic rings. The van der Waals surface area contributed by atoms with Gasteiger partial charge in [0.1, 0.15) is 5.82 Å². The summed E-state index contributed by atoms with van der Waals surface area (Å²) in [6, 6.07) is 12.5. The number of nitro groups is 1. The molecular weight excluding hydrogens is 377 g/mol. The second-order valence-electron chi connectivity index (χ2n) is 6.70. The fourth-order valence-corrected chi connectivity index (χ4v) is 3.38. The number of halogens is 1. The molecule has 2 heterocycles. The highest BCUT2D eigenvalue weighted by Crippen LogP contribution is 2.38. The third kappa shape index (κ3) is 3.72. The summed E-state index contributed by atoms with van der Waals surface area (Å²) in [6.07, 6.45) is 2.44. The zero-order chi connectivity index (χ0) is 19.8. The molecule has 1 aliphatic heterocycles. The Labute approximate surface area is 166 Å². The van der Waals surface area contributed by atoms with Gasteiger partial charge in [-0.1, -0.05) is 12.1 Å². The van der Waals surface area contributed by atoms with Crippen molar-refractivity contribution >= 4 is 17.1 Å². The Morgan fingerprint density at radius 1 is 1.14 bits per heavy atom. The first-order valence-corrected chi connectivity index (χ1v) is 8.79. The van der Waals surface area contributed by atoms with Gasteiger partial charge in [-0.15, -0.1) is 0 Å². The SMILES string of the molecule is Cc1c(C2CC(c3ccc(F)cc3)=NN2c2ccc([N+](=O)[O-])cc2)cnn1C.O. The van der Waals surface area contributed by atoms with Gasteiger partial charge in [0, 0.05) is 36.9 Å². The number of nitrogens with zero attached hydrogens (tertiary/aromatic N) is 5. The van der Waals surface area contributed by atoms with Crippen molar-refractivity contribution in [3.63, 3.8) is 0 Å². The quantitative estimate of drug-likeness (QED) is 0.497. The summed E-state index contributed by atoms with van der Waals surface area (Å²) < 4.78 is 15.1. The summed E-state index contributed by atoms with van der Waals surface area (Å²) in [5, 5.41) is 21.9. The molecule has 8 nitrogen and oxygen atoms in total. The lowest BCUT2D eigenvalue weighted by atomic mass is 9.98. The number of nitro benzene ring substituents is 1. The average molecular weight is 397 g/mol. The number of hydrazone groups is 1. The van der Waals surface area contributed by atoms with Crippen molar-refractivity contribution in [3.8, 4) is 0 Å². The standard InChI is InChI=1S/C20H18FN5O2.H2O/c1-13-18(12-22-24(13)2)20-11-19(14-3-5-15(21)6-4-14)23-25(20)16-7-9-17(10-8-16)26(27)28;/h3-10,12,20H,11H2,1-2H3;1H2. The molecule has 2 N–H and O–H groups in total. The number of hydrogen-bond acceptors (Lipinski definition) is 5. The number of non-ortho nitro benzene ring substituents is 1. The number of aryl methyl sites for hydroxylation is 1. The zero-order valence-corrected chi connectivity index (χ0v) is 15.9. The van der Waals surface area contributed by atoms with E-state index >= 15 is 0 Å². The summed E-state index contributed by atoms with van der Waals surface area (Å²) in [4.78, 5) is 10.5. The minimum absolute atomic E-state index is 0. The lowest BCUT2D eigenvalue weighted by molar-refractivity contribution is -0.384. The second-order valence-corrected chi connectivity index (χ2v) is 6.70. The topological polar surface area (TPSA) is 108 Å². The monoisotopic (exact) mass is 397 g/mol. The van der Waals surface area contributed by atoms with E-state index in [0.29, 0.717) is 6.42 Å². The fraction of sp³-hybridized carbons (Fsp3) is 0.200. The summed E-state index contributed by atoms with van der Waals surface area (Å²) in [6.45, 7) is 1.99. The molecule has 0 saturated heterocycles. The smallest absolute Gasteiger partial charge is 0.269 e.